The predicted molar refractivity (Wildman–Crippen MR) is 86.3 cm³/mol. The predicted octanol–water partition coefficient (Wildman–Crippen LogP) is 5.11. The van der Waals surface area contributed by atoms with Crippen molar-refractivity contribution in [3.05, 3.63) is 65.9 Å². The van der Waals surface area contributed by atoms with Crippen molar-refractivity contribution in [1.82, 2.24) is 4.40 Å². The molecular weight excluding hydrogens is 242 g/mol. The highest BCUT2D eigenvalue weighted by Crippen LogP contribution is 2.38. The van der Waals surface area contributed by atoms with E-state index < -0.39 is 0 Å². The third-order valence-corrected chi connectivity index (χ3v) is 4.33. The van der Waals surface area contributed by atoms with E-state index >= 15 is 0 Å². The summed E-state index contributed by atoms with van der Waals surface area (Å²) < 4.78 is 2.42. The zero-order valence-corrected chi connectivity index (χ0v) is 11.0. The molecule has 0 aliphatic heterocycles. The Kier molecular flexibility index (Phi) is 1.80. The molecule has 1 aliphatic rings. The Labute approximate surface area is 116 Å². The van der Waals surface area contributed by atoms with Gasteiger partial charge in [-0.25, -0.2) is 0 Å². The number of aromatic nitrogens is 1. The molecule has 0 atom stereocenters. The van der Waals surface area contributed by atoms with E-state index in [1.807, 2.05) is 0 Å². The van der Waals surface area contributed by atoms with E-state index in [0.29, 0.717) is 0 Å². The van der Waals surface area contributed by atoms with Crippen LogP contribution in [-0.4, -0.2) is 4.40 Å². The third-order valence-electron chi connectivity index (χ3n) is 4.33. The fraction of sp³-hybridized carbons (Fsp3) is 0.0526. The number of hydrogen-bond donors (Lipinski definition) is 0. The minimum absolute atomic E-state index is 1.01. The van der Waals surface area contributed by atoms with Crippen molar-refractivity contribution < 1.29 is 0 Å². The van der Waals surface area contributed by atoms with Gasteiger partial charge in [-0.05, 0) is 18.6 Å². The Morgan fingerprint density at radius 3 is 2.55 bits per heavy atom. The van der Waals surface area contributed by atoms with Crippen molar-refractivity contribution in [2.45, 2.75) is 6.42 Å². The Morgan fingerprint density at radius 2 is 1.55 bits per heavy atom. The molecule has 1 aliphatic carbocycles. The molecule has 1 heteroatoms. The van der Waals surface area contributed by atoms with Gasteiger partial charge in [-0.2, -0.15) is 0 Å². The van der Waals surface area contributed by atoms with Crippen LogP contribution in [0, 0.1) is 0 Å². The average molecular weight is 255 g/mol. The molecule has 0 radical (unpaired) electrons. The van der Waals surface area contributed by atoms with Crippen LogP contribution in [0.4, 0.5) is 0 Å². The van der Waals surface area contributed by atoms with Crippen molar-refractivity contribution >= 4 is 39.3 Å². The van der Waals surface area contributed by atoms with E-state index in [4.69, 9.17) is 0 Å². The molecule has 2 aromatic carbocycles. The molecule has 4 aromatic rings. The van der Waals surface area contributed by atoms with Crippen molar-refractivity contribution in [3.8, 4) is 0 Å². The molecule has 0 unspecified atom stereocenters. The smallest absolute Gasteiger partial charge is 0.0620 e. The van der Waals surface area contributed by atoms with Crippen molar-refractivity contribution in [3.63, 3.8) is 0 Å². The summed E-state index contributed by atoms with van der Waals surface area (Å²) in [5.74, 6) is 0. The molecule has 0 fully saturated rings. The number of para-hydroxylation sites is 2. The van der Waals surface area contributed by atoms with Gasteiger partial charge in [0.05, 0.1) is 16.7 Å². The quantitative estimate of drug-likeness (QED) is 0.411. The van der Waals surface area contributed by atoms with Gasteiger partial charge in [-0.1, -0.05) is 54.6 Å². The molecule has 5 rings (SSSR count). The van der Waals surface area contributed by atoms with Crippen LogP contribution in [0.2, 0.25) is 0 Å². The minimum atomic E-state index is 1.01. The number of hydrogen-bond acceptors (Lipinski definition) is 0. The van der Waals surface area contributed by atoms with Gasteiger partial charge in [0, 0.05) is 21.7 Å². The van der Waals surface area contributed by atoms with Crippen LogP contribution < -0.4 is 0 Å². The number of benzene rings is 2. The number of rotatable bonds is 0. The van der Waals surface area contributed by atoms with Gasteiger partial charge in [0.15, 0.2) is 0 Å². The zero-order valence-electron chi connectivity index (χ0n) is 11.0. The van der Waals surface area contributed by atoms with Crippen molar-refractivity contribution in [1.29, 1.82) is 0 Å². The lowest BCUT2D eigenvalue weighted by Gasteiger charge is -1.98. The van der Waals surface area contributed by atoms with E-state index in [2.05, 4.69) is 71.2 Å². The maximum atomic E-state index is 2.42. The molecular formula is C19H13N. The summed E-state index contributed by atoms with van der Waals surface area (Å²) in [7, 11) is 0. The summed E-state index contributed by atoms with van der Waals surface area (Å²) in [5.41, 5.74) is 5.33. The lowest BCUT2D eigenvalue weighted by molar-refractivity contribution is 1.26. The number of allylic oxidation sites excluding steroid dienone is 2. The van der Waals surface area contributed by atoms with Gasteiger partial charge in [0.2, 0.25) is 0 Å². The molecule has 0 N–H and O–H groups in total. The first-order valence-electron chi connectivity index (χ1n) is 7.05. The molecule has 0 spiro atoms. The van der Waals surface area contributed by atoms with E-state index in [-0.39, 0.29) is 0 Å². The summed E-state index contributed by atoms with van der Waals surface area (Å²) in [5, 5.41) is 4.06. The first-order chi connectivity index (χ1) is 9.95. The maximum absolute atomic E-state index is 2.42. The maximum Gasteiger partial charge on any atom is 0.0620 e. The lowest BCUT2D eigenvalue weighted by atomic mass is 10.1. The van der Waals surface area contributed by atoms with Crippen LogP contribution in [0.25, 0.3) is 39.3 Å². The van der Waals surface area contributed by atoms with Gasteiger partial charge in [0.25, 0.3) is 0 Å². The third kappa shape index (κ3) is 1.09. The highest BCUT2D eigenvalue weighted by Gasteiger charge is 2.18. The Hall–Kier alpha value is -2.54. The summed E-state index contributed by atoms with van der Waals surface area (Å²) in [6, 6.07) is 15.3. The zero-order chi connectivity index (χ0) is 13.1. The Morgan fingerprint density at radius 1 is 0.750 bits per heavy atom. The highest BCUT2D eigenvalue weighted by molar-refractivity contribution is 6.17. The van der Waals surface area contributed by atoms with Crippen LogP contribution >= 0.6 is 0 Å². The van der Waals surface area contributed by atoms with Crippen LogP contribution in [0.3, 0.4) is 0 Å². The molecule has 0 amide bonds. The molecule has 0 saturated carbocycles. The second-order valence-electron chi connectivity index (χ2n) is 5.39. The Bertz CT molecular complexity index is 1010. The summed E-state index contributed by atoms with van der Waals surface area (Å²) in [6.45, 7) is 0. The summed E-state index contributed by atoms with van der Waals surface area (Å²) >= 11 is 0. The van der Waals surface area contributed by atoms with Crippen molar-refractivity contribution in [2.24, 2.45) is 0 Å². The Balaban J connectivity index is 2.19. The highest BCUT2D eigenvalue weighted by atomic mass is 14.9. The second-order valence-corrected chi connectivity index (χ2v) is 5.39. The minimum Gasteiger partial charge on any atom is -0.308 e. The van der Waals surface area contributed by atoms with Crippen LogP contribution in [0.15, 0.2) is 54.6 Å². The largest absolute Gasteiger partial charge is 0.308 e. The number of fused-ring (bicyclic) bond motifs is 6. The molecule has 94 valence electrons. The molecule has 20 heavy (non-hydrogen) atoms. The van der Waals surface area contributed by atoms with Gasteiger partial charge in [0.1, 0.15) is 0 Å². The molecule has 2 aromatic heterocycles. The van der Waals surface area contributed by atoms with E-state index in [9.17, 15) is 0 Å². The molecule has 0 bridgehead atoms. The van der Waals surface area contributed by atoms with Crippen LogP contribution in [0.5, 0.6) is 0 Å². The summed E-state index contributed by atoms with van der Waals surface area (Å²) in [4.78, 5) is 0. The van der Waals surface area contributed by atoms with Gasteiger partial charge >= 0.3 is 0 Å². The SMILES string of the molecule is C1=Cc2c(n3c4ccccc4c4cccc2c43)C=CC1. The first-order valence-corrected chi connectivity index (χ1v) is 7.05. The first kappa shape index (κ1) is 10.3. The fourth-order valence-electron chi connectivity index (χ4n) is 3.53. The number of nitrogens with zero attached hydrogens (tertiary/aromatic N) is 1. The van der Waals surface area contributed by atoms with E-state index in [0.717, 1.165) is 6.42 Å². The topological polar surface area (TPSA) is 4.41 Å². The standard InChI is InChI=1S/C19H13N/c1-2-7-13-15-9-6-10-16-14-8-4-5-12-18(14)20(19(15)16)17(13)11-3-1/h2-12H,1H2. The van der Waals surface area contributed by atoms with Gasteiger partial charge in [-0.15, -0.1) is 0 Å². The van der Waals surface area contributed by atoms with Gasteiger partial charge < -0.3 is 4.40 Å². The average Bonchev–Trinajstić information content (AvgIpc) is 2.87. The molecule has 0 saturated heterocycles. The summed E-state index contributed by atoms with van der Waals surface area (Å²) in [6.07, 6.45) is 10.0. The second kappa shape index (κ2) is 3.51. The van der Waals surface area contributed by atoms with Crippen LogP contribution in [0.1, 0.15) is 17.7 Å². The van der Waals surface area contributed by atoms with E-state index in [1.165, 1.54) is 38.4 Å². The fourth-order valence-corrected chi connectivity index (χ4v) is 3.53. The monoisotopic (exact) mass is 255 g/mol. The molecule has 2 heterocycles. The van der Waals surface area contributed by atoms with E-state index in [1.54, 1.807) is 0 Å². The van der Waals surface area contributed by atoms with Crippen molar-refractivity contribution in [2.75, 3.05) is 0 Å². The lowest BCUT2D eigenvalue weighted by Crippen LogP contribution is -1.84. The molecule has 1 nitrogen and oxygen atoms in total. The van der Waals surface area contributed by atoms with Gasteiger partial charge in [-0.3, -0.25) is 0 Å². The van der Waals surface area contributed by atoms with Crippen LogP contribution in [-0.2, 0) is 0 Å². The normalized spacial score (nSPS) is 14.4.